The molecule has 6 heteroatoms. The lowest BCUT2D eigenvalue weighted by molar-refractivity contribution is -0.870. The number of quaternary nitrogens is 1. The molecule has 0 heterocycles. The Balaban J connectivity index is 0. The average molecular weight is 278 g/mol. The van der Waals surface area contributed by atoms with Crippen molar-refractivity contribution in [1.82, 2.24) is 0 Å². The Labute approximate surface area is 115 Å². The normalized spacial score (nSPS) is 10.5. The molecule has 114 valence electrons. The van der Waals surface area contributed by atoms with Gasteiger partial charge in [0.25, 0.3) is 0 Å². The number of carbonyl (C=O) groups is 2. The van der Waals surface area contributed by atoms with Crippen LogP contribution < -0.4 is 0 Å². The Bertz CT molecular complexity index is 230. The fraction of sp³-hybridized carbons (Fsp3) is 0.846. The van der Waals surface area contributed by atoms with Gasteiger partial charge in [-0.1, -0.05) is 12.8 Å². The number of likely N-dealkylation sites (N-methyl/N-ethyl adjacent to an activating group) is 1. The molecule has 0 saturated heterocycles. The van der Waals surface area contributed by atoms with Gasteiger partial charge < -0.3 is 19.8 Å². The minimum atomic E-state index is -0.784. The molecule has 0 rings (SSSR count). The maximum absolute atomic E-state index is 10.0. The van der Waals surface area contributed by atoms with Crippen LogP contribution in [0, 0.1) is 0 Å². The first-order valence-electron chi connectivity index (χ1n) is 6.54. The van der Waals surface area contributed by atoms with Crippen molar-refractivity contribution in [3.63, 3.8) is 0 Å². The molecule has 0 spiro atoms. The molecule has 0 atom stereocenters. The van der Waals surface area contributed by atoms with Gasteiger partial charge in [0, 0.05) is 12.8 Å². The topological polar surface area (TPSA) is 94.8 Å². The van der Waals surface area contributed by atoms with Crippen molar-refractivity contribution in [3.05, 3.63) is 0 Å². The number of unbranched alkanes of at least 4 members (excludes halogenated alkanes) is 3. The van der Waals surface area contributed by atoms with E-state index in [4.69, 9.17) is 15.3 Å². The highest BCUT2D eigenvalue weighted by Crippen LogP contribution is 2.04. The highest BCUT2D eigenvalue weighted by molar-refractivity contribution is 5.66. The van der Waals surface area contributed by atoms with Crippen molar-refractivity contribution in [1.29, 1.82) is 0 Å². The first kappa shape index (κ1) is 20.2. The standard InChI is InChI=1S/C8H14O4.C5H14NO/c9-7(10)5-3-1-2-4-6-8(11)12;1-6(2,3)4-5-7/h1-6H2,(H,9,10)(H,11,12);7H,4-5H2,1-3H3/q;+1. The summed E-state index contributed by atoms with van der Waals surface area (Å²) in [5, 5.41) is 24.9. The van der Waals surface area contributed by atoms with Crippen LogP contribution in [0.2, 0.25) is 0 Å². The third-order valence-corrected chi connectivity index (χ3v) is 2.30. The second-order valence-electron chi connectivity index (χ2n) is 5.44. The van der Waals surface area contributed by atoms with Crippen LogP contribution in [0.4, 0.5) is 0 Å². The van der Waals surface area contributed by atoms with Crippen molar-refractivity contribution in [2.45, 2.75) is 38.5 Å². The lowest BCUT2D eigenvalue weighted by Crippen LogP contribution is -2.36. The highest BCUT2D eigenvalue weighted by Gasteiger charge is 2.02. The Kier molecular flexibility index (Phi) is 12.7. The van der Waals surface area contributed by atoms with E-state index in [1.165, 1.54) is 0 Å². The van der Waals surface area contributed by atoms with E-state index in [0.717, 1.165) is 23.9 Å². The maximum atomic E-state index is 10.0. The lowest BCUT2D eigenvalue weighted by Gasteiger charge is -2.21. The number of rotatable bonds is 9. The molecular formula is C13H28NO5+. The second kappa shape index (κ2) is 11.9. The summed E-state index contributed by atoms with van der Waals surface area (Å²) < 4.78 is 0.844. The molecule has 0 aliphatic rings. The van der Waals surface area contributed by atoms with E-state index in [-0.39, 0.29) is 19.4 Å². The van der Waals surface area contributed by atoms with E-state index in [1.54, 1.807) is 0 Å². The summed E-state index contributed by atoms with van der Waals surface area (Å²) in [6.45, 7) is 1.11. The van der Waals surface area contributed by atoms with Crippen LogP contribution in [-0.4, -0.2) is 66.0 Å². The Morgan fingerprint density at radius 3 is 1.37 bits per heavy atom. The van der Waals surface area contributed by atoms with Gasteiger partial charge in [0.2, 0.25) is 0 Å². The molecular weight excluding hydrogens is 250 g/mol. The van der Waals surface area contributed by atoms with E-state index in [9.17, 15) is 9.59 Å². The Morgan fingerprint density at radius 2 is 1.21 bits per heavy atom. The highest BCUT2D eigenvalue weighted by atomic mass is 16.4. The van der Waals surface area contributed by atoms with Gasteiger partial charge in [-0.05, 0) is 12.8 Å². The SMILES string of the molecule is C[N+](C)(C)CCO.O=C(O)CCCCCCC(=O)O. The van der Waals surface area contributed by atoms with Gasteiger partial charge in [0.15, 0.2) is 0 Å². The monoisotopic (exact) mass is 278 g/mol. The van der Waals surface area contributed by atoms with E-state index in [0.29, 0.717) is 12.8 Å². The molecule has 0 aromatic heterocycles. The molecule has 0 bridgehead atoms. The van der Waals surface area contributed by atoms with Crippen molar-refractivity contribution in [2.75, 3.05) is 34.3 Å². The third kappa shape index (κ3) is 26.5. The van der Waals surface area contributed by atoms with Crippen molar-refractivity contribution < 1.29 is 29.4 Å². The summed E-state index contributed by atoms with van der Waals surface area (Å²) in [5.41, 5.74) is 0. The van der Waals surface area contributed by atoms with Crippen LogP contribution in [0.15, 0.2) is 0 Å². The summed E-state index contributed by atoms with van der Waals surface area (Å²) in [6.07, 6.45) is 3.28. The maximum Gasteiger partial charge on any atom is 0.303 e. The number of carboxylic acid groups (broad SMARTS) is 2. The summed E-state index contributed by atoms with van der Waals surface area (Å²) in [4.78, 5) is 20.1. The summed E-state index contributed by atoms with van der Waals surface area (Å²) in [6, 6.07) is 0. The zero-order valence-corrected chi connectivity index (χ0v) is 12.3. The molecule has 0 aromatic carbocycles. The second-order valence-corrected chi connectivity index (χ2v) is 5.44. The van der Waals surface area contributed by atoms with Gasteiger partial charge in [-0.2, -0.15) is 0 Å². The van der Waals surface area contributed by atoms with Gasteiger partial charge in [-0.15, -0.1) is 0 Å². The quantitative estimate of drug-likeness (QED) is 0.435. The molecule has 0 radical (unpaired) electrons. The predicted molar refractivity (Wildman–Crippen MR) is 73.0 cm³/mol. The number of hydrogen-bond acceptors (Lipinski definition) is 3. The van der Waals surface area contributed by atoms with E-state index >= 15 is 0 Å². The molecule has 0 saturated carbocycles. The fourth-order valence-electron chi connectivity index (χ4n) is 1.21. The van der Waals surface area contributed by atoms with E-state index in [2.05, 4.69) is 21.1 Å². The number of aliphatic hydroxyl groups excluding tert-OH is 1. The van der Waals surface area contributed by atoms with Crippen LogP contribution in [0.1, 0.15) is 38.5 Å². The van der Waals surface area contributed by atoms with Crippen LogP contribution in [0.3, 0.4) is 0 Å². The van der Waals surface area contributed by atoms with Crippen molar-refractivity contribution in [3.8, 4) is 0 Å². The Morgan fingerprint density at radius 1 is 0.842 bits per heavy atom. The number of carboxylic acids is 2. The number of nitrogens with zero attached hydrogens (tertiary/aromatic N) is 1. The molecule has 0 aromatic rings. The Hall–Kier alpha value is -1.14. The van der Waals surface area contributed by atoms with Crippen LogP contribution in [0.25, 0.3) is 0 Å². The molecule has 0 unspecified atom stereocenters. The predicted octanol–water partition coefficient (Wildman–Crippen LogP) is 1.18. The van der Waals surface area contributed by atoms with E-state index < -0.39 is 11.9 Å². The van der Waals surface area contributed by atoms with E-state index in [1.807, 2.05) is 0 Å². The van der Waals surface area contributed by atoms with Gasteiger partial charge in [0.1, 0.15) is 6.54 Å². The first-order valence-corrected chi connectivity index (χ1v) is 6.54. The van der Waals surface area contributed by atoms with Gasteiger partial charge in [-0.3, -0.25) is 9.59 Å². The molecule has 0 aliphatic carbocycles. The minimum Gasteiger partial charge on any atom is -0.481 e. The van der Waals surface area contributed by atoms with Gasteiger partial charge in [-0.25, -0.2) is 0 Å². The molecule has 0 aliphatic heterocycles. The molecule has 19 heavy (non-hydrogen) atoms. The summed E-state index contributed by atoms with van der Waals surface area (Å²) in [5.74, 6) is -1.57. The van der Waals surface area contributed by atoms with Crippen LogP contribution in [0.5, 0.6) is 0 Å². The number of aliphatic carboxylic acids is 2. The smallest absolute Gasteiger partial charge is 0.303 e. The summed E-state index contributed by atoms with van der Waals surface area (Å²) in [7, 11) is 6.16. The largest absolute Gasteiger partial charge is 0.481 e. The number of hydrogen-bond donors (Lipinski definition) is 3. The number of aliphatic hydroxyl groups is 1. The zero-order valence-electron chi connectivity index (χ0n) is 12.3. The third-order valence-electron chi connectivity index (χ3n) is 2.30. The minimum absolute atomic E-state index is 0.188. The van der Waals surface area contributed by atoms with Crippen LogP contribution >= 0.6 is 0 Å². The van der Waals surface area contributed by atoms with Crippen molar-refractivity contribution in [2.24, 2.45) is 0 Å². The van der Waals surface area contributed by atoms with Crippen LogP contribution in [-0.2, 0) is 9.59 Å². The molecule has 0 amide bonds. The first-order chi connectivity index (χ1) is 8.69. The van der Waals surface area contributed by atoms with Gasteiger partial charge in [0.05, 0.1) is 27.7 Å². The molecule has 0 fully saturated rings. The zero-order chi connectivity index (χ0) is 15.3. The van der Waals surface area contributed by atoms with Crippen molar-refractivity contribution >= 4 is 11.9 Å². The molecule has 6 nitrogen and oxygen atoms in total. The average Bonchev–Trinajstić information content (AvgIpc) is 2.21. The fourth-order valence-corrected chi connectivity index (χ4v) is 1.21. The van der Waals surface area contributed by atoms with Gasteiger partial charge >= 0.3 is 11.9 Å². The summed E-state index contributed by atoms with van der Waals surface area (Å²) >= 11 is 0. The molecule has 3 N–H and O–H groups in total. The lowest BCUT2D eigenvalue weighted by atomic mass is 10.1.